The third-order valence-electron chi connectivity index (χ3n) is 4.83. The fourth-order valence-corrected chi connectivity index (χ4v) is 3.14. The summed E-state index contributed by atoms with van der Waals surface area (Å²) in [7, 11) is 0. The van der Waals surface area contributed by atoms with Gasteiger partial charge in [-0.1, -0.05) is 50.6 Å². The lowest BCUT2D eigenvalue weighted by Gasteiger charge is -2.25. The Morgan fingerprint density at radius 3 is 2.65 bits per heavy atom. The van der Waals surface area contributed by atoms with Gasteiger partial charge in [-0.15, -0.1) is 0 Å². The maximum Gasteiger partial charge on any atom is 0.265 e. The number of amides is 2. The van der Waals surface area contributed by atoms with Crippen LogP contribution in [-0.4, -0.2) is 17.9 Å². The van der Waals surface area contributed by atoms with E-state index in [1.165, 1.54) is 0 Å². The van der Waals surface area contributed by atoms with Crippen LogP contribution in [0.3, 0.4) is 0 Å². The predicted molar refractivity (Wildman–Crippen MR) is 102 cm³/mol. The molecule has 0 aliphatic carbocycles. The summed E-state index contributed by atoms with van der Waals surface area (Å²) in [5.41, 5.74) is 2.21. The van der Waals surface area contributed by atoms with Gasteiger partial charge < -0.3 is 15.4 Å². The average Bonchev–Trinajstić information content (AvgIpc) is 2.64. The molecule has 3 unspecified atom stereocenters. The van der Waals surface area contributed by atoms with E-state index in [-0.39, 0.29) is 23.7 Å². The van der Waals surface area contributed by atoms with E-state index in [9.17, 15) is 9.59 Å². The van der Waals surface area contributed by atoms with E-state index in [1.807, 2.05) is 30.3 Å². The Labute approximate surface area is 153 Å². The van der Waals surface area contributed by atoms with Gasteiger partial charge in [-0.2, -0.15) is 0 Å². The van der Waals surface area contributed by atoms with Crippen LogP contribution < -0.4 is 15.4 Å². The topological polar surface area (TPSA) is 67.4 Å². The van der Waals surface area contributed by atoms with Crippen molar-refractivity contribution in [1.82, 2.24) is 0 Å². The highest BCUT2D eigenvalue weighted by atomic mass is 16.5. The second-order valence-electron chi connectivity index (χ2n) is 6.72. The summed E-state index contributed by atoms with van der Waals surface area (Å²) in [6.45, 7) is 5.87. The molecular weight excluding hydrogens is 328 g/mol. The van der Waals surface area contributed by atoms with E-state index in [0.717, 1.165) is 12.0 Å². The fraction of sp³-hybridized carbons (Fsp3) is 0.333. The van der Waals surface area contributed by atoms with Gasteiger partial charge in [0, 0.05) is 5.69 Å². The van der Waals surface area contributed by atoms with Crippen LogP contribution in [0.1, 0.15) is 38.7 Å². The minimum atomic E-state index is -0.518. The lowest BCUT2D eigenvalue weighted by Crippen LogP contribution is -2.34. The molecule has 0 aromatic heterocycles. The summed E-state index contributed by atoms with van der Waals surface area (Å²) in [6.07, 6.45) is 0.384. The zero-order valence-corrected chi connectivity index (χ0v) is 15.3. The van der Waals surface area contributed by atoms with E-state index in [2.05, 4.69) is 24.5 Å². The van der Waals surface area contributed by atoms with Gasteiger partial charge >= 0.3 is 0 Å². The first-order valence-electron chi connectivity index (χ1n) is 8.97. The minimum absolute atomic E-state index is 0.0538. The highest BCUT2D eigenvalue weighted by molar-refractivity contribution is 6.00. The molecule has 2 aromatic rings. The average molecular weight is 352 g/mol. The lowest BCUT2D eigenvalue weighted by molar-refractivity contribution is -0.122. The minimum Gasteiger partial charge on any atom is -0.479 e. The van der Waals surface area contributed by atoms with Crippen molar-refractivity contribution < 1.29 is 14.3 Å². The molecule has 0 fully saturated rings. The third kappa shape index (κ3) is 3.72. The van der Waals surface area contributed by atoms with Crippen LogP contribution in [0.15, 0.2) is 48.5 Å². The molecule has 3 rings (SSSR count). The van der Waals surface area contributed by atoms with Crippen LogP contribution in [0.25, 0.3) is 0 Å². The summed E-state index contributed by atoms with van der Waals surface area (Å²) in [5.74, 6) is 0.336. The third-order valence-corrected chi connectivity index (χ3v) is 4.83. The van der Waals surface area contributed by atoms with Crippen LogP contribution in [0.2, 0.25) is 0 Å². The number of anilines is 2. The van der Waals surface area contributed by atoms with Crippen LogP contribution >= 0.6 is 0 Å². The normalized spacial score (nSPS) is 18.1. The summed E-state index contributed by atoms with van der Waals surface area (Å²) < 4.78 is 5.55. The first-order valence-corrected chi connectivity index (χ1v) is 8.97. The molecule has 3 atom stereocenters. The summed E-state index contributed by atoms with van der Waals surface area (Å²) in [4.78, 5) is 24.8. The number of hydrogen-bond acceptors (Lipinski definition) is 3. The Kier molecular flexibility index (Phi) is 5.26. The van der Waals surface area contributed by atoms with Crippen molar-refractivity contribution in [3.8, 4) is 5.75 Å². The number of carbonyl (C=O) groups is 2. The Bertz CT molecular complexity index is 804. The monoisotopic (exact) mass is 352 g/mol. The molecule has 0 saturated carbocycles. The van der Waals surface area contributed by atoms with E-state index < -0.39 is 6.10 Å². The second kappa shape index (κ2) is 7.60. The van der Waals surface area contributed by atoms with E-state index >= 15 is 0 Å². The van der Waals surface area contributed by atoms with Crippen molar-refractivity contribution in [1.29, 1.82) is 0 Å². The molecule has 0 bridgehead atoms. The number of rotatable bonds is 5. The second-order valence-corrected chi connectivity index (χ2v) is 6.72. The van der Waals surface area contributed by atoms with Crippen LogP contribution in [0, 0.1) is 5.92 Å². The Balaban J connectivity index is 1.82. The molecule has 1 aliphatic rings. The van der Waals surface area contributed by atoms with Crippen molar-refractivity contribution in [2.75, 3.05) is 10.6 Å². The van der Waals surface area contributed by atoms with Gasteiger partial charge in [0.1, 0.15) is 5.75 Å². The smallest absolute Gasteiger partial charge is 0.265 e. The number of ether oxygens (including phenoxy) is 1. The molecule has 0 radical (unpaired) electrons. The highest BCUT2D eigenvalue weighted by Gasteiger charge is 2.27. The summed E-state index contributed by atoms with van der Waals surface area (Å²) in [5, 5.41) is 5.79. The molecule has 2 N–H and O–H groups in total. The van der Waals surface area contributed by atoms with Gasteiger partial charge in [-0.3, -0.25) is 9.59 Å². The molecular formula is C21H24N2O3. The zero-order valence-electron chi connectivity index (χ0n) is 15.3. The first-order chi connectivity index (χ1) is 12.5. The lowest BCUT2D eigenvalue weighted by atomic mass is 9.85. The summed E-state index contributed by atoms with van der Waals surface area (Å²) >= 11 is 0. The molecule has 5 nitrogen and oxygen atoms in total. The van der Waals surface area contributed by atoms with Gasteiger partial charge in [-0.25, -0.2) is 0 Å². The zero-order chi connectivity index (χ0) is 18.7. The molecule has 0 saturated heterocycles. The fourth-order valence-electron chi connectivity index (χ4n) is 3.14. The van der Waals surface area contributed by atoms with Crippen molar-refractivity contribution in [3.05, 3.63) is 54.1 Å². The van der Waals surface area contributed by atoms with Crippen molar-refractivity contribution in [2.45, 2.75) is 39.2 Å². The van der Waals surface area contributed by atoms with Gasteiger partial charge in [0.15, 0.2) is 6.10 Å². The van der Waals surface area contributed by atoms with Gasteiger partial charge in [0.25, 0.3) is 5.91 Å². The van der Waals surface area contributed by atoms with Crippen molar-refractivity contribution in [2.24, 2.45) is 5.92 Å². The van der Waals surface area contributed by atoms with Crippen LogP contribution in [-0.2, 0) is 9.59 Å². The number of fused-ring (bicyclic) bond motifs is 1. The molecule has 2 amide bonds. The predicted octanol–water partition coefficient (Wildman–Crippen LogP) is 4.17. The maximum atomic E-state index is 13.0. The SMILES string of the molecule is CCC(C)C(C(=O)Nc1ccc2c(c1)NC(=O)C(C)O2)c1ccccc1. The molecule has 26 heavy (non-hydrogen) atoms. The largest absolute Gasteiger partial charge is 0.479 e. The summed E-state index contributed by atoms with van der Waals surface area (Å²) in [6, 6.07) is 15.1. The Hall–Kier alpha value is -2.82. The Morgan fingerprint density at radius 1 is 1.23 bits per heavy atom. The van der Waals surface area contributed by atoms with Crippen LogP contribution in [0.5, 0.6) is 5.75 Å². The van der Waals surface area contributed by atoms with E-state index in [0.29, 0.717) is 17.1 Å². The molecule has 2 aromatic carbocycles. The highest BCUT2D eigenvalue weighted by Crippen LogP contribution is 2.33. The molecule has 136 valence electrons. The van der Waals surface area contributed by atoms with Crippen molar-refractivity contribution in [3.63, 3.8) is 0 Å². The number of nitrogens with one attached hydrogen (secondary N) is 2. The quantitative estimate of drug-likeness (QED) is 0.848. The number of benzene rings is 2. The van der Waals surface area contributed by atoms with Gasteiger partial charge in [-0.05, 0) is 36.6 Å². The molecule has 5 heteroatoms. The van der Waals surface area contributed by atoms with Gasteiger partial charge in [0.05, 0.1) is 11.6 Å². The van der Waals surface area contributed by atoms with Crippen LogP contribution in [0.4, 0.5) is 11.4 Å². The van der Waals surface area contributed by atoms with E-state index in [1.54, 1.807) is 25.1 Å². The first kappa shape index (κ1) is 18.0. The van der Waals surface area contributed by atoms with Gasteiger partial charge in [0.2, 0.25) is 5.91 Å². The Morgan fingerprint density at radius 2 is 1.96 bits per heavy atom. The standard InChI is InChI=1S/C21H24N2O3/c1-4-13(2)19(15-8-6-5-7-9-15)21(25)22-16-10-11-18-17(12-16)23-20(24)14(3)26-18/h5-14,19H,4H2,1-3H3,(H,22,25)(H,23,24). The van der Waals surface area contributed by atoms with E-state index in [4.69, 9.17) is 4.74 Å². The molecule has 1 aliphatic heterocycles. The van der Waals surface area contributed by atoms with Crippen molar-refractivity contribution >= 4 is 23.2 Å². The molecule has 1 heterocycles. The molecule has 0 spiro atoms. The number of carbonyl (C=O) groups excluding carboxylic acids is 2. The maximum absolute atomic E-state index is 13.0. The number of hydrogen-bond donors (Lipinski definition) is 2.